The molecule has 112 valence electrons. The number of aliphatic imine (C=N–C) groups is 1. The summed E-state index contributed by atoms with van der Waals surface area (Å²) in [5.41, 5.74) is 3.59. The third-order valence-corrected chi connectivity index (χ3v) is 3.56. The molecule has 0 spiro atoms. The number of hydrogen-bond donors (Lipinski definition) is 0. The Balaban J connectivity index is 2.38. The lowest BCUT2D eigenvalue weighted by Crippen LogP contribution is -2.11. The van der Waals surface area contributed by atoms with Crippen LogP contribution in [0.3, 0.4) is 0 Å². The van der Waals surface area contributed by atoms with Gasteiger partial charge in [0.25, 0.3) is 0 Å². The van der Waals surface area contributed by atoms with Crippen molar-refractivity contribution in [2.75, 3.05) is 13.2 Å². The average Bonchev–Trinajstić information content (AvgIpc) is 2.54. The number of hydrogen-bond acceptors (Lipinski definition) is 2. The van der Waals surface area contributed by atoms with Gasteiger partial charge in [-0.25, -0.2) is 0 Å². The first kappa shape index (κ1) is 15.6. The normalized spacial score (nSPS) is 18.9. The van der Waals surface area contributed by atoms with Gasteiger partial charge in [0.05, 0.1) is 6.61 Å². The molecule has 1 aromatic carbocycles. The molecule has 1 aromatic rings. The molecule has 0 saturated heterocycles. The van der Waals surface area contributed by atoms with Gasteiger partial charge in [-0.3, -0.25) is 4.99 Å². The second-order valence-corrected chi connectivity index (χ2v) is 5.17. The minimum Gasteiger partial charge on any atom is -0.493 e. The molecular weight excluding hydrogens is 258 g/mol. The van der Waals surface area contributed by atoms with Crippen molar-refractivity contribution in [3.05, 3.63) is 53.6 Å². The lowest BCUT2D eigenvalue weighted by molar-refractivity contribution is 0.296. The molecule has 2 nitrogen and oxygen atoms in total. The second kappa shape index (κ2) is 8.46. The first-order chi connectivity index (χ1) is 10.4. The molecular formula is C19H25NO. The predicted octanol–water partition coefficient (Wildman–Crippen LogP) is 5.03. The van der Waals surface area contributed by atoms with E-state index in [9.17, 15) is 0 Å². The van der Waals surface area contributed by atoms with Gasteiger partial charge in [-0.15, -0.1) is 0 Å². The lowest BCUT2D eigenvalue weighted by atomic mass is 9.94. The summed E-state index contributed by atoms with van der Waals surface area (Å²) in [6.07, 6.45) is 8.59. The van der Waals surface area contributed by atoms with Gasteiger partial charge in [-0.05, 0) is 19.8 Å². The number of ether oxygens (including phenoxy) is 1. The van der Waals surface area contributed by atoms with E-state index >= 15 is 0 Å². The van der Waals surface area contributed by atoms with E-state index in [1.54, 1.807) is 0 Å². The van der Waals surface area contributed by atoms with Crippen molar-refractivity contribution in [2.45, 2.75) is 39.5 Å². The summed E-state index contributed by atoms with van der Waals surface area (Å²) in [5.74, 6) is 0.998. The number of benzene rings is 1. The van der Waals surface area contributed by atoms with Crippen LogP contribution in [-0.2, 0) is 4.74 Å². The molecule has 0 saturated carbocycles. The Morgan fingerprint density at radius 2 is 1.86 bits per heavy atom. The van der Waals surface area contributed by atoms with Crippen LogP contribution < -0.4 is 0 Å². The van der Waals surface area contributed by atoms with E-state index in [0.29, 0.717) is 6.61 Å². The molecule has 0 N–H and O–H groups in total. The molecule has 0 amide bonds. The van der Waals surface area contributed by atoms with Crippen molar-refractivity contribution in [1.82, 2.24) is 0 Å². The quantitative estimate of drug-likeness (QED) is 0.408. The highest BCUT2D eigenvalue weighted by atomic mass is 16.5. The molecule has 2 heteroatoms. The fourth-order valence-corrected chi connectivity index (χ4v) is 2.47. The maximum atomic E-state index is 5.97. The smallest absolute Gasteiger partial charge is 0.131 e. The van der Waals surface area contributed by atoms with Gasteiger partial charge in [0.2, 0.25) is 0 Å². The summed E-state index contributed by atoms with van der Waals surface area (Å²) in [5, 5.41) is 0. The van der Waals surface area contributed by atoms with Gasteiger partial charge in [-0.1, -0.05) is 55.8 Å². The fourth-order valence-electron chi connectivity index (χ4n) is 2.47. The topological polar surface area (TPSA) is 21.6 Å². The van der Waals surface area contributed by atoms with Crippen LogP contribution in [0.5, 0.6) is 0 Å². The van der Waals surface area contributed by atoms with Crippen LogP contribution in [-0.4, -0.2) is 18.9 Å². The van der Waals surface area contributed by atoms with E-state index in [2.05, 4.69) is 43.3 Å². The first-order valence-corrected chi connectivity index (χ1v) is 7.96. The molecule has 0 aliphatic heterocycles. The van der Waals surface area contributed by atoms with E-state index in [1.807, 2.05) is 13.0 Å². The molecule has 1 aliphatic rings. The number of allylic oxidation sites excluding steroid dienone is 3. The second-order valence-electron chi connectivity index (χ2n) is 5.17. The van der Waals surface area contributed by atoms with Gasteiger partial charge in [0.15, 0.2) is 0 Å². The van der Waals surface area contributed by atoms with E-state index in [4.69, 9.17) is 9.73 Å². The number of rotatable bonds is 6. The molecule has 0 fully saturated rings. The summed E-state index contributed by atoms with van der Waals surface area (Å²) < 4.78 is 5.97. The largest absolute Gasteiger partial charge is 0.493 e. The fraction of sp³-hybridized carbons (Fsp3) is 0.421. The Labute approximate surface area is 128 Å². The summed E-state index contributed by atoms with van der Waals surface area (Å²) in [4.78, 5) is 4.81. The van der Waals surface area contributed by atoms with Gasteiger partial charge in [0, 0.05) is 29.8 Å². The van der Waals surface area contributed by atoms with Crippen molar-refractivity contribution in [1.29, 1.82) is 0 Å². The van der Waals surface area contributed by atoms with Crippen LogP contribution in [0.25, 0.3) is 5.76 Å². The molecule has 21 heavy (non-hydrogen) atoms. The zero-order chi connectivity index (χ0) is 14.9. The van der Waals surface area contributed by atoms with Crippen LogP contribution in [0.15, 0.2) is 53.0 Å². The minimum absolute atomic E-state index is 0.680. The summed E-state index contributed by atoms with van der Waals surface area (Å²) >= 11 is 0. The summed E-state index contributed by atoms with van der Waals surface area (Å²) in [6.45, 7) is 5.83. The monoisotopic (exact) mass is 283 g/mol. The molecule has 0 radical (unpaired) electrons. The Hall–Kier alpha value is -1.83. The van der Waals surface area contributed by atoms with Crippen LogP contribution in [0.1, 0.15) is 45.1 Å². The summed E-state index contributed by atoms with van der Waals surface area (Å²) in [6, 6.07) is 10.4. The lowest BCUT2D eigenvalue weighted by Gasteiger charge is -2.19. The molecule has 0 atom stereocenters. The Kier molecular flexibility index (Phi) is 6.26. The molecule has 0 aromatic heterocycles. The highest BCUT2D eigenvalue weighted by Crippen LogP contribution is 2.27. The Morgan fingerprint density at radius 1 is 1.10 bits per heavy atom. The van der Waals surface area contributed by atoms with Crippen LogP contribution >= 0.6 is 0 Å². The highest BCUT2D eigenvalue weighted by Gasteiger charge is 2.17. The highest BCUT2D eigenvalue weighted by molar-refractivity contribution is 6.07. The molecule has 0 bridgehead atoms. The van der Waals surface area contributed by atoms with Crippen LogP contribution in [0.2, 0.25) is 0 Å². The van der Waals surface area contributed by atoms with Crippen LogP contribution in [0.4, 0.5) is 0 Å². The van der Waals surface area contributed by atoms with Crippen molar-refractivity contribution >= 4 is 11.5 Å². The SMILES string of the molecule is CCCCN=C1CC=CCC1=C(OCC)c1ccccc1. The first-order valence-electron chi connectivity index (χ1n) is 7.96. The average molecular weight is 283 g/mol. The Bertz CT molecular complexity index is 526. The van der Waals surface area contributed by atoms with Gasteiger partial charge in [0.1, 0.15) is 5.76 Å². The zero-order valence-corrected chi connectivity index (χ0v) is 13.1. The molecule has 0 heterocycles. The van der Waals surface area contributed by atoms with E-state index in [0.717, 1.165) is 37.1 Å². The van der Waals surface area contributed by atoms with Crippen molar-refractivity contribution in [3.8, 4) is 0 Å². The molecule has 0 unspecified atom stereocenters. The van der Waals surface area contributed by atoms with Gasteiger partial charge in [-0.2, -0.15) is 0 Å². The van der Waals surface area contributed by atoms with Crippen molar-refractivity contribution in [3.63, 3.8) is 0 Å². The van der Waals surface area contributed by atoms with Gasteiger partial charge >= 0.3 is 0 Å². The van der Waals surface area contributed by atoms with E-state index in [1.165, 1.54) is 17.7 Å². The van der Waals surface area contributed by atoms with Crippen molar-refractivity contribution < 1.29 is 4.74 Å². The zero-order valence-electron chi connectivity index (χ0n) is 13.1. The van der Waals surface area contributed by atoms with Gasteiger partial charge < -0.3 is 4.74 Å². The third-order valence-electron chi connectivity index (χ3n) is 3.56. The standard InChI is InChI=1S/C19H25NO/c1-3-5-15-20-18-14-10-9-13-17(18)19(21-4-2)16-11-7-6-8-12-16/h6-12H,3-5,13-15H2,1-2H3. The minimum atomic E-state index is 0.680. The molecule has 1 aliphatic carbocycles. The summed E-state index contributed by atoms with van der Waals surface area (Å²) in [7, 11) is 0. The Morgan fingerprint density at radius 3 is 2.57 bits per heavy atom. The number of unbranched alkanes of at least 4 members (excludes halogenated alkanes) is 1. The van der Waals surface area contributed by atoms with E-state index in [-0.39, 0.29) is 0 Å². The third kappa shape index (κ3) is 4.32. The predicted molar refractivity (Wildman–Crippen MR) is 90.6 cm³/mol. The number of nitrogens with zero attached hydrogens (tertiary/aromatic N) is 1. The van der Waals surface area contributed by atoms with Crippen LogP contribution in [0, 0.1) is 0 Å². The van der Waals surface area contributed by atoms with Crippen molar-refractivity contribution in [2.24, 2.45) is 4.99 Å². The molecule has 2 rings (SSSR count). The van der Waals surface area contributed by atoms with E-state index < -0.39 is 0 Å². The maximum absolute atomic E-state index is 5.97. The maximum Gasteiger partial charge on any atom is 0.131 e.